The van der Waals surface area contributed by atoms with Crippen LogP contribution in [0.15, 0.2) is 11.5 Å². The fraction of sp³-hybridized carbons (Fsp3) is 0.333. The highest BCUT2D eigenvalue weighted by Crippen LogP contribution is 2.18. The molecule has 0 aromatic carbocycles. The fourth-order valence-corrected chi connectivity index (χ4v) is 1.03. The van der Waals surface area contributed by atoms with E-state index < -0.39 is 0 Å². The molecule has 6 heavy (non-hydrogen) atoms. The van der Waals surface area contributed by atoms with E-state index >= 15 is 0 Å². The van der Waals surface area contributed by atoms with Crippen LogP contribution in [-0.4, -0.2) is 10.3 Å². The molecule has 1 aliphatic heterocycles. The summed E-state index contributed by atoms with van der Waals surface area (Å²) in [5, 5.41) is 2.02. The van der Waals surface area contributed by atoms with Gasteiger partial charge in [0, 0.05) is 6.54 Å². The summed E-state index contributed by atoms with van der Waals surface area (Å²) in [7, 11) is 0. The molecule has 0 unspecified atom stereocenters. The van der Waals surface area contributed by atoms with E-state index in [4.69, 9.17) is 0 Å². The van der Waals surface area contributed by atoms with Gasteiger partial charge in [-0.15, -0.1) is 0 Å². The normalized spacial score (nSPS) is 22.8. The Morgan fingerprint density at radius 3 is 2.83 bits per heavy atom. The van der Waals surface area contributed by atoms with Crippen LogP contribution in [0.2, 0.25) is 0 Å². The van der Waals surface area contributed by atoms with Gasteiger partial charge in [0.1, 0.15) is 0 Å². The maximum atomic E-state index is 4.03. The first-order valence-corrected chi connectivity index (χ1v) is 2.91. The molecule has 0 aromatic heterocycles. The summed E-state index contributed by atoms with van der Waals surface area (Å²) in [5.41, 5.74) is 0. The van der Waals surface area contributed by atoms with E-state index in [-0.39, 0.29) is 0 Å². The highest BCUT2D eigenvalue weighted by molar-refractivity contribution is 8.07. The monoisotopic (exact) mass is 119 g/mol. The lowest BCUT2D eigenvalue weighted by Crippen LogP contribution is -1.92. The molecule has 0 bridgehead atoms. The van der Waals surface area contributed by atoms with E-state index in [1.165, 1.54) is 0 Å². The van der Waals surface area contributed by atoms with E-state index in [0.717, 1.165) is 6.54 Å². The maximum Gasteiger partial charge on any atom is 0.0392 e. The highest BCUT2D eigenvalue weighted by atomic mass is 32.2. The standard InChI is InChI=1S/C3H5NS2/c5-4-2-1-3-6-4/h1,3,5H,2H2. The average Bonchev–Trinajstić information content (AvgIpc) is 1.86. The molecule has 0 aromatic rings. The van der Waals surface area contributed by atoms with Crippen molar-refractivity contribution in [1.29, 1.82) is 0 Å². The van der Waals surface area contributed by atoms with E-state index in [0.29, 0.717) is 0 Å². The average molecular weight is 119 g/mol. The number of rotatable bonds is 0. The highest BCUT2D eigenvalue weighted by Gasteiger charge is 1.97. The topological polar surface area (TPSA) is 3.24 Å². The minimum atomic E-state index is 0.966. The molecule has 1 heterocycles. The number of thiol groups is 1. The summed E-state index contributed by atoms with van der Waals surface area (Å²) >= 11 is 5.64. The van der Waals surface area contributed by atoms with Crippen molar-refractivity contribution < 1.29 is 0 Å². The van der Waals surface area contributed by atoms with Crippen LogP contribution >= 0.6 is 24.8 Å². The molecule has 0 amide bonds. The first-order chi connectivity index (χ1) is 2.89. The third-order valence-electron chi connectivity index (χ3n) is 0.540. The molecule has 34 valence electrons. The first kappa shape index (κ1) is 4.56. The van der Waals surface area contributed by atoms with E-state index in [9.17, 15) is 0 Å². The Balaban J connectivity index is 2.32. The predicted octanol–water partition coefficient (Wildman–Crippen LogP) is 1.31. The van der Waals surface area contributed by atoms with Gasteiger partial charge in [0.15, 0.2) is 0 Å². The summed E-state index contributed by atoms with van der Waals surface area (Å²) < 4.78 is 1.86. The van der Waals surface area contributed by atoms with Gasteiger partial charge in [-0.1, -0.05) is 18.9 Å². The SMILES string of the molecule is SN1CC=CS1. The smallest absolute Gasteiger partial charge is 0.0392 e. The van der Waals surface area contributed by atoms with Crippen LogP contribution in [0.5, 0.6) is 0 Å². The zero-order valence-corrected chi connectivity index (χ0v) is 4.88. The van der Waals surface area contributed by atoms with E-state index in [2.05, 4.69) is 18.9 Å². The van der Waals surface area contributed by atoms with Crippen molar-refractivity contribution in [3.8, 4) is 0 Å². The summed E-state index contributed by atoms with van der Waals surface area (Å²) in [6.45, 7) is 0.966. The van der Waals surface area contributed by atoms with Gasteiger partial charge in [0.2, 0.25) is 0 Å². The van der Waals surface area contributed by atoms with Crippen LogP contribution in [0.1, 0.15) is 0 Å². The van der Waals surface area contributed by atoms with Crippen LogP contribution in [0.4, 0.5) is 0 Å². The van der Waals surface area contributed by atoms with Crippen LogP contribution in [-0.2, 0) is 0 Å². The van der Waals surface area contributed by atoms with Gasteiger partial charge >= 0.3 is 0 Å². The van der Waals surface area contributed by atoms with Crippen molar-refractivity contribution in [3.63, 3.8) is 0 Å². The molecule has 1 aliphatic rings. The van der Waals surface area contributed by atoms with Crippen LogP contribution in [0.3, 0.4) is 0 Å². The predicted molar refractivity (Wildman–Crippen MR) is 32.4 cm³/mol. The Morgan fingerprint density at radius 1 is 1.83 bits per heavy atom. The van der Waals surface area contributed by atoms with Crippen LogP contribution in [0.25, 0.3) is 0 Å². The Hall–Kier alpha value is 0.400. The van der Waals surface area contributed by atoms with E-state index in [1.807, 2.05) is 9.12 Å². The molecular formula is C3H5NS2. The molecule has 0 atom stereocenters. The summed E-state index contributed by atoms with van der Waals surface area (Å²) in [6, 6.07) is 0. The Morgan fingerprint density at radius 2 is 2.67 bits per heavy atom. The molecule has 0 aliphatic carbocycles. The van der Waals surface area contributed by atoms with E-state index in [1.54, 1.807) is 11.9 Å². The van der Waals surface area contributed by atoms with Crippen molar-refractivity contribution in [2.45, 2.75) is 0 Å². The molecule has 3 heteroatoms. The van der Waals surface area contributed by atoms with Crippen molar-refractivity contribution in [2.75, 3.05) is 6.54 Å². The van der Waals surface area contributed by atoms with Gasteiger partial charge in [0.25, 0.3) is 0 Å². The first-order valence-electron chi connectivity index (χ1n) is 1.68. The van der Waals surface area contributed by atoms with Gasteiger partial charge in [-0.2, -0.15) is 3.71 Å². The zero-order valence-electron chi connectivity index (χ0n) is 3.16. The van der Waals surface area contributed by atoms with Gasteiger partial charge in [0.05, 0.1) is 0 Å². The molecular weight excluding hydrogens is 114 g/mol. The van der Waals surface area contributed by atoms with Crippen molar-refractivity contribution in [1.82, 2.24) is 3.71 Å². The van der Waals surface area contributed by atoms with Gasteiger partial charge in [-0.25, -0.2) is 0 Å². The van der Waals surface area contributed by atoms with Crippen LogP contribution < -0.4 is 0 Å². The molecule has 0 fully saturated rings. The number of nitrogens with zero attached hydrogens (tertiary/aromatic N) is 1. The summed E-state index contributed by atoms with van der Waals surface area (Å²) in [4.78, 5) is 0. The zero-order chi connectivity index (χ0) is 4.41. The lowest BCUT2D eigenvalue weighted by Gasteiger charge is -1.97. The van der Waals surface area contributed by atoms with Crippen LogP contribution in [0, 0.1) is 0 Å². The fourth-order valence-electron chi connectivity index (χ4n) is 0.290. The minimum absolute atomic E-state index is 0.966. The molecule has 0 spiro atoms. The molecule has 0 N–H and O–H groups in total. The number of hydrogen-bond donors (Lipinski definition) is 1. The second-order valence-electron chi connectivity index (χ2n) is 1.01. The Bertz CT molecular complexity index is 63.2. The van der Waals surface area contributed by atoms with Gasteiger partial charge in [-0.3, -0.25) is 0 Å². The molecule has 0 saturated carbocycles. The number of hydrogen-bond acceptors (Lipinski definition) is 3. The Labute approximate surface area is 47.1 Å². The second kappa shape index (κ2) is 1.91. The van der Waals surface area contributed by atoms with Gasteiger partial charge in [-0.05, 0) is 17.4 Å². The quantitative estimate of drug-likeness (QED) is 0.378. The summed E-state index contributed by atoms with van der Waals surface area (Å²) in [5.74, 6) is 0. The lowest BCUT2D eigenvalue weighted by atomic mass is 10.7. The Kier molecular flexibility index (Phi) is 1.45. The maximum absolute atomic E-state index is 4.03. The molecule has 1 rings (SSSR count). The third kappa shape index (κ3) is 0.929. The molecule has 0 saturated heterocycles. The van der Waals surface area contributed by atoms with Gasteiger partial charge < -0.3 is 0 Å². The van der Waals surface area contributed by atoms with Crippen molar-refractivity contribution in [3.05, 3.63) is 11.5 Å². The largest absolute Gasteiger partial charge is 0.190 e. The summed E-state index contributed by atoms with van der Waals surface area (Å²) in [6.07, 6.45) is 2.07. The third-order valence-corrected chi connectivity index (χ3v) is 1.69. The molecule has 1 nitrogen and oxygen atoms in total. The lowest BCUT2D eigenvalue weighted by molar-refractivity contribution is 0.875. The minimum Gasteiger partial charge on any atom is -0.190 e. The van der Waals surface area contributed by atoms with Crippen molar-refractivity contribution >= 4 is 24.8 Å². The molecule has 0 radical (unpaired) electrons. The van der Waals surface area contributed by atoms with Crippen molar-refractivity contribution in [2.24, 2.45) is 0 Å². The second-order valence-corrected chi connectivity index (χ2v) is 2.69.